The molecule has 11 heavy (non-hydrogen) atoms. The normalized spacial score (nSPS) is 12.6. The first-order chi connectivity index (χ1) is 5.22. The third kappa shape index (κ3) is 5.61. The second-order valence-corrected chi connectivity index (χ2v) is 3.69. The minimum Gasteiger partial charge on any atom is -0.391 e. The Morgan fingerprint density at radius 3 is 2.55 bits per heavy atom. The van der Waals surface area contributed by atoms with E-state index in [1.54, 1.807) is 6.08 Å². The molecule has 1 N–H and O–H groups in total. The van der Waals surface area contributed by atoms with E-state index in [0.717, 1.165) is 4.48 Å². The third-order valence-electron chi connectivity index (χ3n) is 0.898. The monoisotopic (exact) mass is 284 g/mol. The van der Waals surface area contributed by atoms with E-state index in [-0.39, 0.29) is 6.61 Å². The minimum atomic E-state index is -0.0158. The lowest BCUT2D eigenvalue weighted by atomic mass is 10.5. The Morgan fingerprint density at radius 1 is 1.45 bits per heavy atom. The van der Waals surface area contributed by atoms with Crippen molar-refractivity contribution in [1.29, 1.82) is 0 Å². The number of ether oxygens (including phenoxy) is 1. The fourth-order valence-electron chi connectivity index (χ4n) is 0.396. The van der Waals surface area contributed by atoms with Gasteiger partial charge in [-0.15, -0.1) is 6.58 Å². The van der Waals surface area contributed by atoms with Gasteiger partial charge in [0, 0.05) is 8.96 Å². The number of aliphatic hydroxyl groups excluding tert-OH is 1. The third-order valence-corrected chi connectivity index (χ3v) is 2.87. The number of aliphatic hydroxyl groups is 1. The summed E-state index contributed by atoms with van der Waals surface area (Å²) >= 11 is 6.42. The van der Waals surface area contributed by atoms with E-state index in [2.05, 4.69) is 38.4 Å². The Hall–Kier alpha value is 0.360. The van der Waals surface area contributed by atoms with Gasteiger partial charge in [0.05, 0.1) is 19.8 Å². The summed E-state index contributed by atoms with van der Waals surface area (Å²) in [7, 11) is 0. The van der Waals surface area contributed by atoms with Crippen molar-refractivity contribution in [3.63, 3.8) is 0 Å². The summed E-state index contributed by atoms with van der Waals surface area (Å²) in [4.78, 5) is 0. The van der Waals surface area contributed by atoms with Crippen molar-refractivity contribution in [2.75, 3.05) is 19.8 Å². The van der Waals surface area contributed by atoms with Gasteiger partial charge >= 0.3 is 0 Å². The Balaban J connectivity index is 3.66. The second-order valence-electron chi connectivity index (χ2n) is 1.77. The summed E-state index contributed by atoms with van der Waals surface area (Å²) in [5.41, 5.74) is 0. The molecule has 0 atom stereocenters. The largest absolute Gasteiger partial charge is 0.391 e. The van der Waals surface area contributed by atoms with E-state index in [4.69, 9.17) is 9.84 Å². The zero-order chi connectivity index (χ0) is 8.69. The summed E-state index contributed by atoms with van der Waals surface area (Å²) in [5.74, 6) is 0. The Labute approximate surface area is 83.2 Å². The van der Waals surface area contributed by atoms with Crippen LogP contribution in [0.15, 0.2) is 21.6 Å². The van der Waals surface area contributed by atoms with Crippen molar-refractivity contribution in [3.05, 3.63) is 21.6 Å². The lowest BCUT2D eigenvalue weighted by Crippen LogP contribution is -1.96. The Bertz CT molecular complexity index is 155. The zero-order valence-corrected chi connectivity index (χ0v) is 9.19. The summed E-state index contributed by atoms with van der Waals surface area (Å²) < 4.78 is 6.63. The number of rotatable bonds is 5. The van der Waals surface area contributed by atoms with Crippen LogP contribution in [0.4, 0.5) is 0 Å². The van der Waals surface area contributed by atoms with Gasteiger partial charge in [0.25, 0.3) is 0 Å². The molecule has 2 nitrogen and oxygen atoms in total. The predicted molar refractivity (Wildman–Crippen MR) is 53.0 cm³/mol. The van der Waals surface area contributed by atoms with Crippen LogP contribution in [-0.4, -0.2) is 24.9 Å². The van der Waals surface area contributed by atoms with E-state index in [1.165, 1.54) is 0 Å². The molecule has 0 saturated carbocycles. The number of hydrogen-bond donors (Lipinski definition) is 1. The average molecular weight is 286 g/mol. The second kappa shape index (κ2) is 7.03. The van der Waals surface area contributed by atoms with Crippen molar-refractivity contribution >= 4 is 31.9 Å². The van der Waals surface area contributed by atoms with Crippen molar-refractivity contribution in [1.82, 2.24) is 0 Å². The van der Waals surface area contributed by atoms with Crippen LogP contribution in [0.2, 0.25) is 0 Å². The maximum Gasteiger partial charge on any atom is 0.0795 e. The van der Waals surface area contributed by atoms with Crippen molar-refractivity contribution in [3.8, 4) is 0 Å². The number of halogens is 2. The molecule has 0 fully saturated rings. The lowest BCUT2D eigenvalue weighted by Gasteiger charge is -2.01. The molecule has 0 aromatic carbocycles. The summed E-state index contributed by atoms with van der Waals surface area (Å²) in [5, 5.41) is 8.65. The van der Waals surface area contributed by atoms with Gasteiger partial charge in [0.15, 0.2) is 0 Å². The highest BCUT2D eigenvalue weighted by Crippen LogP contribution is 2.17. The van der Waals surface area contributed by atoms with Gasteiger partial charge in [-0.25, -0.2) is 0 Å². The molecule has 0 amide bonds. The lowest BCUT2D eigenvalue weighted by molar-refractivity contribution is 0.191. The molecule has 0 unspecified atom stereocenters. The molecule has 0 aromatic heterocycles. The van der Waals surface area contributed by atoms with Crippen LogP contribution in [0.5, 0.6) is 0 Å². The molecule has 0 aromatic rings. The van der Waals surface area contributed by atoms with E-state index < -0.39 is 0 Å². The molecular formula is C7H10Br2O2. The van der Waals surface area contributed by atoms with Crippen molar-refractivity contribution in [2.45, 2.75) is 0 Å². The van der Waals surface area contributed by atoms with Crippen LogP contribution in [0.1, 0.15) is 0 Å². The maximum atomic E-state index is 8.65. The molecule has 0 rings (SSSR count). The van der Waals surface area contributed by atoms with E-state index in [0.29, 0.717) is 17.7 Å². The van der Waals surface area contributed by atoms with E-state index >= 15 is 0 Å². The van der Waals surface area contributed by atoms with Crippen molar-refractivity contribution < 1.29 is 9.84 Å². The van der Waals surface area contributed by atoms with Gasteiger partial charge in [-0.1, -0.05) is 37.9 Å². The van der Waals surface area contributed by atoms with E-state index in [1.807, 2.05) is 0 Å². The minimum absolute atomic E-state index is 0.0158. The highest BCUT2D eigenvalue weighted by molar-refractivity contribution is 9.14. The smallest absolute Gasteiger partial charge is 0.0795 e. The molecule has 0 bridgehead atoms. The maximum absolute atomic E-state index is 8.65. The van der Waals surface area contributed by atoms with Crippen LogP contribution < -0.4 is 0 Å². The molecule has 0 heterocycles. The summed E-state index contributed by atoms with van der Waals surface area (Å²) in [6.45, 7) is 4.46. The van der Waals surface area contributed by atoms with Crippen LogP contribution in [-0.2, 0) is 4.74 Å². The summed E-state index contributed by atoms with van der Waals surface area (Å²) in [6.07, 6.45) is 1.67. The summed E-state index contributed by atoms with van der Waals surface area (Å²) in [6, 6.07) is 0. The number of hydrogen-bond acceptors (Lipinski definition) is 2. The zero-order valence-electron chi connectivity index (χ0n) is 6.02. The van der Waals surface area contributed by atoms with Gasteiger partial charge in [-0.3, -0.25) is 0 Å². The van der Waals surface area contributed by atoms with Gasteiger partial charge in [0.2, 0.25) is 0 Å². The highest BCUT2D eigenvalue weighted by atomic mass is 79.9. The first-order valence-electron chi connectivity index (χ1n) is 3.05. The quantitative estimate of drug-likeness (QED) is 0.620. The Morgan fingerprint density at radius 2 is 2.09 bits per heavy atom. The fraction of sp³-hybridized carbons (Fsp3) is 0.429. The van der Waals surface area contributed by atoms with Crippen molar-refractivity contribution in [2.24, 2.45) is 0 Å². The van der Waals surface area contributed by atoms with Gasteiger partial charge in [-0.2, -0.15) is 0 Å². The van der Waals surface area contributed by atoms with Crippen LogP contribution in [0, 0.1) is 0 Å². The van der Waals surface area contributed by atoms with Crippen LogP contribution in [0.3, 0.4) is 0 Å². The molecule has 0 radical (unpaired) electrons. The molecule has 4 heteroatoms. The molecule has 0 saturated heterocycles. The van der Waals surface area contributed by atoms with Crippen LogP contribution >= 0.6 is 31.9 Å². The predicted octanol–water partition coefficient (Wildman–Crippen LogP) is 2.18. The fourth-order valence-corrected chi connectivity index (χ4v) is 0.798. The van der Waals surface area contributed by atoms with Gasteiger partial charge in [0.1, 0.15) is 0 Å². The Kier molecular flexibility index (Phi) is 7.26. The van der Waals surface area contributed by atoms with Gasteiger partial charge < -0.3 is 9.84 Å². The van der Waals surface area contributed by atoms with Crippen LogP contribution in [0.25, 0.3) is 0 Å². The SMILES string of the molecule is C=CCOCC(Br)=C(Br)CO. The molecular weight excluding hydrogens is 276 g/mol. The molecule has 0 aliphatic carbocycles. The topological polar surface area (TPSA) is 29.5 Å². The van der Waals surface area contributed by atoms with Gasteiger partial charge in [-0.05, 0) is 0 Å². The molecule has 64 valence electrons. The standard InChI is InChI=1S/C7H10Br2O2/c1-2-3-11-5-7(9)6(8)4-10/h2,10H,1,3-5H2. The highest BCUT2D eigenvalue weighted by Gasteiger charge is 1.98. The van der Waals surface area contributed by atoms with E-state index in [9.17, 15) is 0 Å². The molecule has 0 spiro atoms. The first kappa shape index (κ1) is 11.4. The molecule has 0 aliphatic rings. The molecule has 0 aliphatic heterocycles. The first-order valence-corrected chi connectivity index (χ1v) is 4.63. The average Bonchev–Trinajstić information content (AvgIpc) is 2.03.